The molecule has 1 unspecified atom stereocenters. The third kappa shape index (κ3) is 2.35. The monoisotopic (exact) mass is 287 g/mol. The summed E-state index contributed by atoms with van der Waals surface area (Å²) in [5.41, 5.74) is 7.28. The molecule has 0 saturated carbocycles. The maximum Gasteiger partial charge on any atom is 0.242 e. The highest BCUT2D eigenvalue weighted by Crippen LogP contribution is 2.34. The Balaban J connectivity index is 2.40. The maximum atomic E-state index is 11.8. The fourth-order valence-electron chi connectivity index (χ4n) is 2.21. The SMILES string of the molecule is CCC1C(=O)NCCN1c1cc(Cl)c(Cl)cc1N. The molecule has 0 aliphatic carbocycles. The van der Waals surface area contributed by atoms with Gasteiger partial charge in [-0.3, -0.25) is 4.79 Å². The zero-order valence-electron chi connectivity index (χ0n) is 10.0. The minimum Gasteiger partial charge on any atom is -0.397 e. The van der Waals surface area contributed by atoms with Crippen molar-refractivity contribution in [2.45, 2.75) is 19.4 Å². The van der Waals surface area contributed by atoms with Crippen LogP contribution in [0.5, 0.6) is 0 Å². The summed E-state index contributed by atoms with van der Waals surface area (Å²) >= 11 is 11.9. The van der Waals surface area contributed by atoms with Gasteiger partial charge in [0.2, 0.25) is 5.91 Å². The fraction of sp³-hybridized carbons (Fsp3) is 0.417. The number of nitrogens with one attached hydrogen (secondary N) is 1. The summed E-state index contributed by atoms with van der Waals surface area (Å²) in [6, 6.07) is 3.14. The normalized spacial score (nSPS) is 19.8. The van der Waals surface area contributed by atoms with E-state index in [1.165, 1.54) is 0 Å². The van der Waals surface area contributed by atoms with Crippen molar-refractivity contribution in [1.82, 2.24) is 5.32 Å². The second kappa shape index (κ2) is 5.24. The van der Waals surface area contributed by atoms with Crippen molar-refractivity contribution in [2.24, 2.45) is 0 Å². The molecule has 0 aromatic heterocycles. The minimum absolute atomic E-state index is 0.0224. The van der Waals surface area contributed by atoms with Gasteiger partial charge in [-0.05, 0) is 18.6 Å². The molecule has 1 amide bonds. The summed E-state index contributed by atoms with van der Waals surface area (Å²) in [7, 11) is 0. The van der Waals surface area contributed by atoms with Crippen molar-refractivity contribution in [2.75, 3.05) is 23.7 Å². The number of anilines is 2. The van der Waals surface area contributed by atoms with Gasteiger partial charge in [-0.15, -0.1) is 0 Å². The number of amides is 1. The van der Waals surface area contributed by atoms with Crippen LogP contribution in [0, 0.1) is 0 Å². The number of carbonyl (C=O) groups excluding carboxylic acids is 1. The predicted octanol–water partition coefficient (Wildman–Crippen LogP) is 2.29. The molecule has 2 rings (SSSR count). The van der Waals surface area contributed by atoms with Crippen LogP contribution in [-0.4, -0.2) is 25.0 Å². The number of hydrogen-bond donors (Lipinski definition) is 2. The van der Waals surface area contributed by atoms with Gasteiger partial charge in [0.05, 0.1) is 21.4 Å². The average Bonchev–Trinajstić information content (AvgIpc) is 2.33. The Morgan fingerprint density at radius 1 is 1.44 bits per heavy atom. The van der Waals surface area contributed by atoms with Crippen molar-refractivity contribution in [3.8, 4) is 0 Å². The molecule has 0 spiro atoms. The highest BCUT2D eigenvalue weighted by Gasteiger charge is 2.29. The van der Waals surface area contributed by atoms with Crippen LogP contribution in [0.15, 0.2) is 12.1 Å². The van der Waals surface area contributed by atoms with E-state index in [2.05, 4.69) is 5.32 Å². The van der Waals surface area contributed by atoms with Crippen molar-refractivity contribution in [3.63, 3.8) is 0 Å². The first-order valence-electron chi connectivity index (χ1n) is 5.83. The Labute approximate surface area is 116 Å². The first kappa shape index (κ1) is 13.3. The first-order valence-corrected chi connectivity index (χ1v) is 6.59. The zero-order chi connectivity index (χ0) is 13.3. The van der Waals surface area contributed by atoms with E-state index >= 15 is 0 Å². The number of rotatable bonds is 2. The molecule has 6 heteroatoms. The summed E-state index contributed by atoms with van der Waals surface area (Å²) in [5, 5.41) is 3.72. The number of nitrogens with two attached hydrogens (primary N) is 1. The molecule has 0 radical (unpaired) electrons. The van der Waals surface area contributed by atoms with E-state index in [0.717, 1.165) is 5.69 Å². The number of halogens is 2. The zero-order valence-corrected chi connectivity index (χ0v) is 11.6. The molecule has 4 nitrogen and oxygen atoms in total. The third-order valence-corrected chi connectivity index (χ3v) is 3.82. The number of benzene rings is 1. The number of hydrogen-bond acceptors (Lipinski definition) is 3. The standard InChI is InChI=1S/C12H15Cl2N3O/c1-2-10-12(18)16-3-4-17(10)11-6-8(14)7(13)5-9(11)15/h5-6,10H,2-4,15H2,1H3,(H,16,18). The molecule has 18 heavy (non-hydrogen) atoms. The van der Waals surface area contributed by atoms with Gasteiger partial charge in [0.25, 0.3) is 0 Å². The van der Waals surface area contributed by atoms with Gasteiger partial charge >= 0.3 is 0 Å². The summed E-state index contributed by atoms with van der Waals surface area (Å²) in [6.07, 6.45) is 0.714. The maximum absolute atomic E-state index is 11.8. The smallest absolute Gasteiger partial charge is 0.242 e. The molecular formula is C12H15Cl2N3O. The number of carbonyl (C=O) groups is 1. The quantitative estimate of drug-likeness (QED) is 0.821. The summed E-state index contributed by atoms with van der Waals surface area (Å²) in [6.45, 7) is 3.29. The predicted molar refractivity (Wildman–Crippen MR) is 75.3 cm³/mol. The van der Waals surface area contributed by atoms with Crippen LogP contribution in [-0.2, 0) is 4.79 Å². The van der Waals surface area contributed by atoms with Gasteiger partial charge in [-0.2, -0.15) is 0 Å². The topological polar surface area (TPSA) is 58.4 Å². The Morgan fingerprint density at radius 2 is 2.11 bits per heavy atom. The van der Waals surface area contributed by atoms with Crippen LogP contribution in [0.1, 0.15) is 13.3 Å². The molecule has 98 valence electrons. The van der Waals surface area contributed by atoms with Crippen LogP contribution in [0.2, 0.25) is 10.0 Å². The van der Waals surface area contributed by atoms with Gasteiger partial charge in [0.1, 0.15) is 6.04 Å². The summed E-state index contributed by atoms with van der Waals surface area (Å²) in [5.74, 6) is 0.0224. The number of piperazine rings is 1. The van der Waals surface area contributed by atoms with E-state index < -0.39 is 0 Å². The van der Waals surface area contributed by atoms with Gasteiger partial charge in [0, 0.05) is 13.1 Å². The van der Waals surface area contributed by atoms with Crippen molar-refractivity contribution in [3.05, 3.63) is 22.2 Å². The summed E-state index contributed by atoms with van der Waals surface area (Å²) < 4.78 is 0. The summed E-state index contributed by atoms with van der Waals surface area (Å²) in [4.78, 5) is 13.8. The Bertz CT molecular complexity index is 479. The van der Waals surface area contributed by atoms with Gasteiger partial charge in [-0.25, -0.2) is 0 Å². The molecule has 1 aliphatic rings. The Kier molecular flexibility index (Phi) is 3.88. The van der Waals surface area contributed by atoms with E-state index in [1.54, 1.807) is 12.1 Å². The lowest BCUT2D eigenvalue weighted by molar-refractivity contribution is -0.123. The largest absolute Gasteiger partial charge is 0.397 e. The number of nitrogens with zero attached hydrogens (tertiary/aromatic N) is 1. The molecule has 1 fully saturated rings. The molecule has 1 aromatic carbocycles. The second-order valence-electron chi connectivity index (χ2n) is 4.23. The van der Waals surface area contributed by atoms with E-state index in [9.17, 15) is 4.79 Å². The van der Waals surface area contributed by atoms with Gasteiger partial charge in [0.15, 0.2) is 0 Å². The molecule has 0 bridgehead atoms. The lowest BCUT2D eigenvalue weighted by atomic mass is 10.1. The van der Waals surface area contributed by atoms with Crippen LogP contribution < -0.4 is 16.0 Å². The van der Waals surface area contributed by atoms with Crippen molar-refractivity contribution >= 4 is 40.5 Å². The van der Waals surface area contributed by atoms with Crippen LogP contribution in [0.25, 0.3) is 0 Å². The van der Waals surface area contributed by atoms with Gasteiger partial charge in [-0.1, -0.05) is 30.1 Å². The van der Waals surface area contributed by atoms with E-state index in [1.807, 2.05) is 11.8 Å². The molecule has 3 N–H and O–H groups in total. The second-order valence-corrected chi connectivity index (χ2v) is 5.05. The van der Waals surface area contributed by atoms with Crippen molar-refractivity contribution < 1.29 is 4.79 Å². The minimum atomic E-state index is -0.210. The molecule has 1 aliphatic heterocycles. The van der Waals surface area contributed by atoms with E-state index in [4.69, 9.17) is 28.9 Å². The molecule has 1 saturated heterocycles. The van der Waals surface area contributed by atoms with Crippen LogP contribution in [0.3, 0.4) is 0 Å². The average molecular weight is 288 g/mol. The van der Waals surface area contributed by atoms with Crippen molar-refractivity contribution in [1.29, 1.82) is 0 Å². The lowest BCUT2D eigenvalue weighted by Gasteiger charge is -2.37. The highest BCUT2D eigenvalue weighted by molar-refractivity contribution is 6.42. The number of nitrogen functional groups attached to an aromatic ring is 1. The highest BCUT2D eigenvalue weighted by atomic mass is 35.5. The molecule has 1 atom stereocenters. The van der Waals surface area contributed by atoms with E-state index in [-0.39, 0.29) is 11.9 Å². The molecular weight excluding hydrogens is 273 g/mol. The van der Waals surface area contributed by atoms with E-state index in [0.29, 0.717) is 35.2 Å². The fourth-order valence-corrected chi connectivity index (χ4v) is 2.54. The molecule has 1 aromatic rings. The first-order chi connectivity index (χ1) is 8.54. The third-order valence-electron chi connectivity index (χ3n) is 3.10. The lowest BCUT2D eigenvalue weighted by Crippen LogP contribution is -2.55. The Morgan fingerprint density at radius 3 is 2.78 bits per heavy atom. The van der Waals surface area contributed by atoms with Crippen LogP contribution >= 0.6 is 23.2 Å². The van der Waals surface area contributed by atoms with Gasteiger partial charge < -0.3 is 16.0 Å². The molecule has 1 heterocycles. The van der Waals surface area contributed by atoms with Crippen LogP contribution in [0.4, 0.5) is 11.4 Å². The Hall–Kier alpha value is -1.13.